The lowest BCUT2D eigenvalue weighted by atomic mass is 9.70. The smallest absolute Gasteiger partial charge is 0.0363 e. The summed E-state index contributed by atoms with van der Waals surface area (Å²) in [6.07, 6.45) is 6.62. The Labute approximate surface area is 107 Å². The molecule has 0 amide bonds. The molecule has 1 saturated carbocycles. The largest absolute Gasteiger partial charge is 0.326 e. The maximum absolute atomic E-state index is 6.45. The Bertz CT molecular complexity index is 252. The minimum atomic E-state index is 0.347. The molecule has 1 saturated heterocycles. The molecule has 1 aliphatic carbocycles. The Balaban J connectivity index is 2.08. The van der Waals surface area contributed by atoms with Crippen molar-refractivity contribution in [1.82, 2.24) is 4.90 Å². The van der Waals surface area contributed by atoms with Gasteiger partial charge in [-0.1, -0.05) is 13.8 Å². The van der Waals surface area contributed by atoms with Crippen molar-refractivity contribution in [2.45, 2.75) is 77.4 Å². The van der Waals surface area contributed by atoms with Crippen LogP contribution in [-0.2, 0) is 0 Å². The Kier molecular flexibility index (Phi) is 3.84. The van der Waals surface area contributed by atoms with Crippen LogP contribution in [0.15, 0.2) is 0 Å². The van der Waals surface area contributed by atoms with Gasteiger partial charge < -0.3 is 5.73 Å². The van der Waals surface area contributed by atoms with E-state index in [0.717, 1.165) is 11.8 Å². The maximum atomic E-state index is 6.45. The van der Waals surface area contributed by atoms with Crippen LogP contribution in [0.4, 0.5) is 0 Å². The van der Waals surface area contributed by atoms with Gasteiger partial charge in [-0.15, -0.1) is 0 Å². The Morgan fingerprint density at radius 3 is 2.12 bits per heavy atom. The van der Waals surface area contributed by atoms with Gasteiger partial charge >= 0.3 is 0 Å². The monoisotopic (exact) mass is 238 g/mol. The highest BCUT2D eigenvalue weighted by Crippen LogP contribution is 2.45. The third-order valence-corrected chi connectivity index (χ3v) is 5.41. The van der Waals surface area contributed by atoms with Crippen molar-refractivity contribution in [3.8, 4) is 0 Å². The second kappa shape index (κ2) is 4.89. The zero-order valence-electron chi connectivity index (χ0n) is 12.1. The van der Waals surface area contributed by atoms with Gasteiger partial charge in [0.15, 0.2) is 0 Å². The average molecular weight is 238 g/mol. The normalized spacial score (nSPS) is 39.7. The molecule has 1 atom stereocenters. The number of nitrogens with zero attached hydrogens (tertiary/aromatic N) is 1. The molecule has 1 spiro atoms. The fraction of sp³-hybridized carbons (Fsp3) is 1.00. The van der Waals surface area contributed by atoms with Gasteiger partial charge in [0.25, 0.3) is 0 Å². The molecule has 0 bridgehead atoms. The summed E-state index contributed by atoms with van der Waals surface area (Å²) in [6, 6.07) is 1.07. The quantitative estimate of drug-likeness (QED) is 0.801. The van der Waals surface area contributed by atoms with E-state index < -0.39 is 0 Å². The van der Waals surface area contributed by atoms with Crippen molar-refractivity contribution in [3.05, 3.63) is 0 Å². The third-order valence-electron chi connectivity index (χ3n) is 5.41. The van der Waals surface area contributed by atoms with E-state index in [4.69, 9.17) is 5.73 Å². The van der Waals surface area contributed by atoms with Gasteiger partial charge in [0.05, 0.1) is 0 Å². The molecule has 0 aromatic heterocycles. The first-order chi connectivity index (χ1) is 7.97. The predicted molar refractivity (Wildman–Crippen MR) is 74.0 cm³/mol. The molecule has 2 aliphatic rings. The average Bonchev–Trinajstić information content (AvgIpc) is 2.57. The zero-order valence-corrected chi connectivity index (χ0v) is 12.1. The van der Waals surface area contributed by atoms with Crippen LogP contribution in [0.3, 0.4) is 0 Å². The summed E-state index contributed by atoms with van der Waals surface area (Å²) < 4.78 is 0. The van der Waals surface area contributed by atoms with Crippen molar-refractivity contribution in [1.29, 1.82) is 0 Å². The molecular formula is C15H30N2. The summed E-state index contributed by atoms with van der Waals surface area (Å²) in [5.74, 6) is 1.78. The Morgan fingerprint density at radius 2 is 1.65 bits per heavy atom. The molecular weight excluding hydrogens is 208 g/mol. The molecule has 100 valence electrons. The Morgan fingerprint density at radius 1 is 1.06 bits per heavy atom. The van der Waals surface area contributed by atoms with E-state index >= 15 is 0 Å². The first-order valence-corrected chi connectivity index (χ1v) is 7.49. The molecule has 2 heteroatoms. The molecule has 0 aromatic rings. The van der Waals surface area contributed by atoms with Crippen molar-refractivity contribution in [2.75, 3.05) is 6.54 Å². The second-order valence-electron chi connectivity index (χ2n) is 6.87. The molecule has 1 unspecified atom stereocenters. The van der Waals surface area contributed by atoms with E-state index in [1.165, 1.54) is 38.6 Å². The van der Waals surface area contributed by atoms with E-state index in [1.54, 1.807) is 0 Å². The van der Waals surface area contributed by atoms with Gasteiger partial charge in [-0.25, -0.2) is 0 Å². The summed E-state index contributed by atoms with van der Waals surface area (Å²) >= 11 is 0. The fourth-order valence-corrected chi connectivity index (χ4v) is 4.22. The molecule has 2 fully saturated rings. The van der Waals surface area contributed by atoms with Crippen LogP contribution >= 0.6 is 0 Å². The van der Waals surface area contributed by atoms with Crippen LogP contribution in [0.2, 0.25) is 0 Å². The lowest BCUT2D eigenvalue weighted by molar-refractivity contribution is 0.0326. The highest BCUT2D eigenvalue weighted by Gasteiger charge is 2.49. The van der Waals surface area contributed by atoms with Crippen molar-refractivity contribution in [2.24, 2.45) is 17.6 Å². The van der Waals surface area contributed by atoms with Gasteiger partial charge in [0.2, 0.25) is 0 Å². The van der Waals surface area contributed by atoms with Crippen LogP contribution in [0, 0.1) is 11.8 Å². The van der Waals surface area contributed by atoms with E-state index in [-0.39, 0.29) is 0 Å². The fourth-order valence-electron chi connectivity index (χ4n) is 4.22. The van der Waals surface area contributed by atoms with Crippen molar-refractivity contribution < 1.29 is 0 Å². The first kappa shape index (κ1) is 13.4. The van der Waals surface area contributed by atoms with Gasteiger partial charge in [0, 0.05) is 24.2 Å². The number of hydrogen-bond donors (Lipinski definition) is 1. The van der Waals surface area contributed by atoms with Crippen molar-refractivity contribution >= 4 is 0 Å². The SMILES string of the molecule is CC(C)C1CCC2(CC1)C(N)CCN2C(C)C. The van der Waals surface area contributed by atoms with Crippen LogP contribution < -0.4 is 5.73 Å². The van der Waals surface area contributed by atoms with E-state index in [2.05, 4.69) is 32.6 Å². The van der Waals surface area contributed by atoms with Gasteiger partial charge in [-0.05, 0) is 57.8 Å². The standard InChI is InChI=1S/C15H30N2/c1-11(2)13-5-8-15(9-6-13)14(16)7-10-17(15)12(3)4/h11-14H,5-10,16H2,1-4H3. The lowest BCUT2D eigenvalue weighted by Crippen LogP contribution is -2.57. The number of rotatable bonds is 2. The summed E-state index contributed by atoms with van der Waals surface area (Å²) in [4.78, 5) is 2.70. The van der Waals surface area contributed by atoms with E-state index in [0.29, 0.717) is 17.6 Å². The summed E-state index contributed by atoms with van der Waals surface area (Å²) in [5.41, 5.74) is 6.80. The van der Waals surface area contributed by atoms with Crippen LogP contribution in [0.1, 0.15) is 59.8 Å². The molecule has 2 N–H and O–H groups in total. The molecule has 17 heavy (non-hydrogen) atoms. The minimum absolute atomic E-state index is 0.347. The van der Waals surface area contributed by atoms with E-state index in [1.807, 2.05) is 0 Å². The lowest BCUT2D eigenvalue weighted by Gasteiger charge is -2.48. The van der Waals surface area contributed by atoms with Crippen LogP contribution in [-0.4, -0.2) is 29.1 Å². The van der Waals surface area contributed by atoms with Gasteiger partial charge in [-0.3, -0.25) is 4.90 Å². The number of hydrogen-bond acceptors (Lipinski definition) is 2. The minimum Gasteiger partial charge on any atom is -0.326 e. The molecule has 1 aliphatic heterocycles. The van der Waals surface area contributed by atoms with E-state index in [9.17, 15) is 0 Å². The summed E-state index contributed by atoms with van der Waals surface area (Å²) in [7, 11) is 0. The first-order valence-electron chi connectivity index (χ1n) is 7.49. The molecule has 2 nitrogen and oxygen atoms in total. The van der Waals surface area contributed by atoms with Crippen LogP contribution in [0.5, 0.6) is 0 Å². The van der Waals surface area contributed by atoms with Crippen molar-refractivity contribution in [3.63, 3.8) is 0 Å². The maximum Gasteiger partial charge on any atom is 0.0363 e. The zero-order chi connectivity index (χ0) is 12.6. The summed E-state index contributed by atoms with van der Waals surface area (Å²) in [6.45, 7) is 10.6. The third kappa shape index (κ3) is 2.26. The highest BCUT2D eigenvalue weighted by molar-refractivity contribution is 5.07. The molecule has 1 heterocycles. The van der Waals surface area contributed by atoms with Gasteiger partial charge in [0.1, 0.15) is 0 Å². The molecule has 2 rings (SSSR count). The molecule has 0 radical (unpaired) electrons. The summed E-state index contributed by atoms with van der Waals surface area (Å²) in [5, 5.41) is 0. The highest BCUT2D eigenvalue weighted by atomic mass is 15.3. The number of nitrogens with two attached hydrogens (primary N) is 1. The van der Waals surface area contributed by atoms with Crippen LogP contribution in [0.25, 0.3) is 0 Å². The predicted octanol–water partition coefficient (Wildman–Crippen LogP) is 3.01. The topological polar surface area (TPSA) is 29.3 Å². The second-order valence-corrected chi connectivity index (χ2v) is 6.87. The molecule has 0 aromatic carbocycles. The van der Waals surface area contributed by atoms with Gasteiger partial charge in [-0.2, -0.15) is 0 Å². The number of likely N-dealkylation sites (tertiary alicyclic amines) is 1. The Hall–Kier alpha value is -0.0800.